The predicted molar refractivity (Wildman–Crippen MR) is 89.6 cm³/mol. The SMILES string of the molecule is CC(C)(C#N)C(=O)Nc1cccc(-c2nc3ccccc3[nH]2)c1. The van der Waals surface area contributed by atoms with Crippen molar-refractivity contribution in [3.63, 3.8) is 0 Å². The van der Waals surface area contributed by atoms with Crippen molar-refractivity contribution in [2.45, 2.75) is 13.8 Å². The summed E-state index contributed by atoms with van der Waals surface area (Å²) in [5.41, 5.74) is 2.28. The quantitative estimate of drug-likeness (QED) is 0.773. The summed E-state index contributed by atoms with van der Waals surface area (Å²) >= 11 is 0. The topological polar surface area (TPSA) is 81.6 Å². The van der Waals surface area contributed by atoms with E-state index in [1.54, 1.807) is 19.9 Å². The second kappa shape index (κ2) is 5.58. The summed E-state index contributed by atoms with van der Waals surface area (Å²) in [6, 6.07) is 17.2. The van der Waals surface area contributed by atoms with E-state index in [0.717, 1.165) is 22.4 Å². The van der Waals surface area contributed by atoms with Gasteiger partial charge in [-0.2, -0.15) is 5.26 Å². The zero-order valence-corrected chi connectivity index (χ0v) is 12.9. The van der Waals surface area contributed by atoms with Gasteiger partial charge in [-0.15, -0.1) is 0 Å². The van der Waals surface area contributed by atoms with Crippen LogP contribution in [0.15, 0.2) is 48.5 Å². The third-order valence-corrected chi connectivity index (χ3v) is 3.63. The maximum Gasteiger partial charge on any atom is 0.244 e. The Bertz CT molecular complexity index is 885. The van der Waals surface area contributed by atoms with Gasteiger partial charge in [-0.3, -0.25) is 4.79 Å². The van der Waals surface area contributed by atoms with Gasteiger partial charge in [0.1, 0.15) is 11.2 Å². The van der Waals surface area contributed by atoms with Crippen LogP contribution in [0.5, 0.6) is 0 Å². The molecule has 0 bridgehead atoms. The second-order valence-electron chi connectivity index (χ2n) is 5.87. The molecule has 1 amide bonds. The number of rotatable bonds is 3. The normalized spacial score (nSPS) is 11.2. The zero-order valence-electron chi connectivity index (χ0n) is 12.9. The molecule has 0 unspecified atom stereocenters. The third kappa shape index (κ3) is 2.92. The number of imidazole rings is 1. The van der Waals surface area contributed by atoms with Crippen molar-refractivity contribution in [2.75, 3.05) is 5.32 Å². The van der Waals surface area contributed by atoms with Crippen LogP contribution in [-0.4, -0.2) is 15.9 Å². The molecule has 1 heterocycles. The lowest BCUT2D eigenvalue weighted by Gasteiger charge is -2.15. The lowest BCUT2D eigenvalue weighted by molar-refractivity contribution is -0.121. The third-order valence-electron chi connectivity index (χ3n) is 3.63. The molecule has 0 atom stereocenters. The van der Waals surface area contributed by atoms with Crippen molar-refractivity contribution in [1.29, 1.82) is 5.26 Å². The van der Waals surface area contributed by atoms with Crippen LogP contribution in [0.2, 0.25) is 0 Å². The van der Waals surface area contributed by atoms with Gasteiger partial charge in [0.2, 0.25) is 5.91 Å². The number of anilines is 1. The Balaban J connectivity index is 1.91. The lowest BCUT2D eigenvalue weighted by atomic mass is 9.94. The molecule has 114 valence electrons. The minimum Gasteiger partial charge on any atom is -0.338 e. The first kappa shape index (κ1) is 14.8. The van der Waals surface area contributed by atoms with Gasteiger partial charge in [0.15, 0.2) is 0 Å². The van der Waals surface area contributed by atoms with Gasteiger partial charge in [-0.1, -0.05) is 24.3 Å². The number of aromatic amines is 1. The Hall–Kier alpha value is -3.13. The smallest absolute Gasteiger partial charge is 0.244 e. The van der Waals surface area contributed by atoms with Crippen LogP contribution < -0.4 is 5.32 Å². The number of nitrogens with zero attached hydrogens (tertiary/aromatic N) is 2. The van der Waals surface area contributed by atoms with Crippen molar-refractivity contribution in [2.24, 2.45) is 5.41 Å². The van der Waals surface area contributed by atoms with Crippen molar-refractivity contribution in [1.82, 2.24) is 9.97 Å². The number of hydrogen-bond acceptors (Lipinski definition) is 3. The van der Waals surface area contributed by atoms with E-state index in [1.807, 2.05) is 48.5 Å². The summed E-state index contributed by atoms with van der Waals surface area (Å²) in [7, 11) is 0. The van der Waals surface area contributed by atoms with E-state index in [2.05, 4.69) is 15.3 Å². The number of aromatic nitrogens is 2. The lowest BCUT2D eigenvalue weighted by Crippen LogP contribution is -2.29. The summed E-state index contributed by atoms with van der Waals surface area (Å²) < 4.78 is 0. The minimum atomic E-state index is -1.07. The van der Waals surface area contributed by atoms with E-state index in [0.29, 0.717) is 5.69 Å². The first-order valence-corrected chi connectivity index (χ1v) is 7.27. The van der Waals surface area contributed by atoms with E-state index in [4.69, 9.17) is 5.26 Å². The minimum absolute atomic E-state index is 0.332. The summed E-state index contributed by atoms with van der Waals surface area (Å²) in [6.07, 6.45) is 0. The largest absolute Gasteiger partial charge is 0.338 e. The number of nitrogens with one attached hydrogen (secondary N) is 2. The highest BCUT2D eigenvalue weighted by molar-refractivity contribution is 5.97. The summed E-state index contributed by atoms with van der Waals surface area (Å²) in [5.74, 6) is 0.406. The highest BCUT2D eigenvalue weighted by Gasteiger charge is 2.27. The van der Waals surface area contributed by atoms with Crippen molar-refractivity contribution in [3.05, 3.63) is 48.5 Å². The van der Waals surface area contributed by atoms with Crippen molar-refractivity contribution in [3.8, 4) is 17.5 Å². The van der Waals surface area contributed by atoms with E-state index >= 15 is 0 Å². The highest BCUT2D eigenvalue weighted by Crippen LogP contribution is 2.24. The molecule has 0 aliphatic carbocycles. The maximum absolute atomic E-state index is 12.1. The average Bonchev–Trinajstić information content (AvgIpc) is 2.99. The number of fused-ring (bicyclic) bond motifs is 1. The van der Waals surface area contributed by atoms with Crippen LogP contribution in [0, 0.1) is 16.7 Å². The maximum atomic E-state index is 12.1. The Morgan fingerprint density at radius 3 is 2.74 bits per heavy atom. The molecule has 3 aromatic rings. The fraction of sp³-hybridized carbons (Fsp3) is 0.167. The molecule has 5 nitrogen and oxygen atoms in total. The van der Waals surface area contributed by atoms with E-state index in [1.165, 1.54) is 0 Å². The number of hydrogen-bond donors (Lipinski definition) is 2. The van der Waals surface area contributed by atoms with E-state index < -0.39 is 5.41 Å². The van der Waals surface area contributed by atoms with Gasteiger partial charge in [0.05, 0.1) is 17.1 Å². The molecule has 0 aliphatic rings. The molecule has 0 fully saturated rings. The van der Waals surface area contributed by atoms with Crippen LogP contribution in [0.4, 0.5) is 5.69 Å². The fourth-order valence-corrected chi connectivity index (χ4v) is 2.17. The first-order valence-electron chi connectivity index (χ1n) is 7.27. The van der Waals surface area contributed by atoms with Crippen molar-refractivity contribution >= 4 is 22.6 Å². The van der Waals surface area contributed by atoms with Crippen LogP contribution in [-0.2, 0) is 4.79 Å². The molecule has 5 heteroatoms. The fourth-order valence-electron chi connectivity index (χ4n) is 2.17. The Morgan fingerprint density at radius 2 is 2.00 bits per heavy atom. The van der Waals surface area contributed by atoms with Gasteiger partial charge < -0.3 is 10.3 Å². The van der Waals surface area contributed by atoms with Gasteiger partial charge in [0.25, 0.3) is 0 Å². The van der Waals surface area contributed by atoms with E-state index in [9.17, 15) is 4.79 Å². The summed E-state index contributed by atoms with van der Waals surface area (Å²) in [4.78, 5) is 19.9. The number of amides is 1. The van der Waals surface area contributed by atoms with Crippen LogP contribution in [0.3, 0.4) is 0 Å². The number of benzene rings is 2. The molecule has 0 saturated carbocycles. The number of carbonyl (C=O) groups is 1. The van der Waals surface area contributed by atoms with Crippen LogP contribution in [0.1, 0.15) is 13.8 Å². The number of carbonyl (C=O) groups excluding carboxylic acids is 1. The summed E-state index contributed by atoms with van der Waals surface area (Å²) in [5, 5.41) is 11.8. The summed E-state index contributed by atoms with van der Waals surface area (Å²) in [6.45, 7) is 3.18. The monoisotopic (exact) mass is 304 g/mol. The molecule has 2 N–H and O–H groups in total. The molecule has 23 heavy (non-hydrogen) atoms. The Labute approximate surface area is 134 Å². The van der Waals surface area contributed by atoms with Gasteiger partial charge >= 0.3 is 0 Å². The van der Waals surface area contributed by atoms with Crippen LogP contribution >= 0.6 is 0 Å². The second-order valence-corrected chi connectivity index (χ2v) is 5.87. The zero-order chi connectivity index (χ0) is 16.4. The van der Waals surface area contributed by atoms with Gasteiger partial charge in [-0.25, -0.2) is 4.98 Å². The molecule has 0 radical (unpaired) electrons. The molecular weight excluding hydrogens is 288 g/mol. The highest BCUT2D eigenvalue weighted by atomic mass is 16.2. The number of nitriles is 1. The number of H-pyrrole nitrogens is 1. The molecule has 1 aromatic heterocycles. The molecule has 2 aromatic carbocycles. The Morgan fingerprint density at radius 1 is 1.22 bits per heavy atom. The predicted octanol–water partition coefficient (Wildman–Crippen LogP) is 3.72. The standard InChI is InChI=1S/C18H16N4O/c1-18(2,11-19)17(23)20-13-7-5-6-12(10-13)16-21-14-8-3-4-9-15(14)22-16/h3-10H,1-2H3,(H,20,23)(H,21,22). The average molecular weight is 304 g/mol. The Kier molecular flexibility index (Phi) is 3.59. The van der Waals surface area contributed by atoms with Gasteiger partial charge in [-0.05, 0) is 38.1 Å². The number of para-hydroxylation sites is 2. The molecular formula is C18H16N4O. The molecule has 0 aliphatic heterocycles. The van der Waals surface area contributed by atoms with Crippen molar-refractivity contribution < 1.29 is 4.79 Å². The first-order chi connectivity index (χ1) is 11.0. The van der Waals surface area contributed by atoms with Gasteiger partial charge in [0, 0.05) is 11.3 Å². The van der Waals surface area contributed by atoms with E-state index in [-0.39, 0.29) is 5.91 Å². The molecule has 0 saturated heterocycles. The van der Waals surface area contributed by atoms with Crippen LogP contribution in [0.25, 0.3) is 22.4 Å². The molecule has 0 spiro atoms. The molecule has 3 rings (SSSR count).